The minimum atomic E-state index is 0.0290. The lowest BCUT2D eigenvalue weighted by Gasteiger charge is -2.26. The first-order valence-electron chi connectivity index (χ1n) is 9.60. The molecule has 5 nitrogen and oxygen atoms in total. The van der Waals surface area contributed by atoms with Crippen LogP contribution in [0.4, 0.5) is 0 Å². The van der Waals surface area contributed by atoms with Gasteiger partial charge in [0.05, 0.1) is 18.2 Å². The standard InChI is InChI=1S/C22H24N2O3/c1-3-8-17(4-2)24-21(25)12-16-11-19-20(27-14-26-19)13-18(16)22(23-24)15-9-6-5-7-10-15/h5-7,9-11,13,17H,3-4,8,12,14H2,1-2H3. The Morgan fingerprint density at radius 2 is 1.85 bits per heavy atom. The first-order valence-corrected chi connectivity index (χ1v) is 9.60. The van der Waals surface area contributed by atoms with E-state index in [1.807, 2.05) is 42.5 Å². The van der Waals surface area contributed by atoms with Crippen molar-refractivity contribution in [3.63, 3.8) is 0 Å². The normalized spacial score (nSPS) is 16.6. The SMILES string of the molecule is CCCC(CC)N1N=C(c2ccccc2)c2cc3c(cc2CC1=O)OCO3. The van der Waals surface area contributed by atoms with Gasteiger partial charge in [0.25, 0.3) is 0 Å². The summed E-state index contributed by atoms with van der Waals surface area (Å²) in [7, 11) is 0. The highest BCUT2D eigenvalue weighted by molar-refractivity contribution is 6.15. The van der Waals surface area contributed by atoms with Crippen molar-refractivity contribution in [1.82, 2.24) is 5.01 Å². The van der Waals surface area contributed by atoms with Gasteiger partial charge < -0.3 is 9.47 Å². The molecule has 0 aliphatic carbocycles. The van der Waals surface area contributed by atoms with Crippen molar-refractivity contribution < 1.29 is 14.3 Å². The number of hydrazone groups is 1. The average Bonchev–Trinajstić information content (AvgIpc) is 3.09. The fourth-order valence-electron chi connectivity index (χ4n) is 3.74. The average molecular weight is 364 g/mol. The van der Waals surface area contributed by atoms with Crippen LogP contribution in [0.3, 0.4) is 0 Å². The van der Waals surface area contributed by atoms with E-state index >= 15 is 0 Å². The molecule has 140 valence electrons. The Bertz CT molecular complexity index is 877. The summed E-state index contributed by atoms with van der Waals surface area (Å²) in [5.74, 6) is 1.43. The maximum Gasteiger partial charge on any atom is 0.247 e. The Kier molecular flexibility index (Phi) is 4.84. The van der Waals surface area contributed by atoms with Crippen LogP contribution in [0.5, 0.6) is 11.5 Å². The van der Waals surface area contributed by atoms with E-state index in [1.54, 1.807) is 5.01 Å². The summed E-state index contributed by atoms with van der Waals surface area (Å²) in [6.45, 7) is 4.46. The molecule has 2 aliphatic rings. The predicted octanol–water partition coefficient (Wildman–Crippen LogP) is 4.13. The number of hydrogen-bond donors (Lipinski definition) is 0. The van der Waals surface area contributed by atoms with E-state index in [0.717, 1.165) is 41.7 Å². The summed E-state index contributed by atoms with van der Waals surface area (Å²) in [4.78, 5) is 13.1. The van der Waals surface area contributed by atoms with Crippen molar-refractivity contribution >= 4 is 11.6 Å². The molecule has 5 heteroatoms. The van der Waals surface area contributed by atoms with Crippen LogP contribution in [0, 0.1) is 0 Å². The van der Waals surface area contributed by atoms with Crippen LogP contribution in [-0.2, 0) is 11.2 Å². The second-order valence-corrected chi connectivity index (χ2v) is 6.94. The molecule has 2 aromatic rings. The van der Waals surface area contributed by atoms with Crippen LogP contribution in [0.25, 0.3) is 0 Å². The summed E-state index contributed by atoms with van der Waals surface area (Å²) in [5.41, 5.74) is 3.67. The highest BCUT2D eigenvalue weighted by Crippen LogP contribution is 2.37. The molecule has 4 rings (SSSR count). The molecule has 0 fully saturated rings. The first-order chi connectivity index (χ1) is 13.2. The van der Waals surface area contributed by atoms with Gasteiger partial charge in [-0.3, -0.25) is 4.79 Å². The summed E-state index contributed by atoms with van der Waals surface area (Å²) < 4.78 is 11.1. The minimum Gasteiger partial charge on any atom is -0.454 e. The predicted molar refractivity (Wildman–Crippen MR) is 104 cm³/mol. The Labute approximate surface area is 159 Å². The number of ether oxygens (including phenoxy) is 2. The molecule has 2 aromatic carbocycles. The molecule has 0 saturated heterocycles. The zero-order valence-electron chi connectivity index (χ0n) is 15.8. The molecular formula is C22H24N2O3. The monoisotopic (exact) mass is 364 g/mol. The van der Waals surface area contributed by atoms with Gasteiger partial charge in [-0.1, -0.05) is 50.6 Å². The summed E-state index contributed by atoms with van der Waals surface area (Å²) in [6.07, 6.45) is 3.14. The number of carbonyl (C=O) groups is 1. The van der Waals surface area contributed by atoms with Gasteiger partial charge in [0.2, 0.25) is 12.7 Å². The van der Waals surface area contributed by atoms with Crippen LogP contribution < -0.4 is 9.47 Å². The van der Waals surface area contributed by atoms with Gasteiger partial charge in [-0.05, 0) is 30.5 Å². The van der Waals surface area contributed by atoms with E-state index in [2.05, 4.69) is 13.8 Å². The third kappa shape index (κ3) is 3.29. The molecular weight excluding hydrogens is 340 g/mol. The summed E-state index contributed by atoms with van der Waals surface area (Å²) >= 11 is 0. The van der Waals surface area contributed by atoms with E-state index in [-0.39, 0.29) is 18.7 Å². The molecule has 0 bridgehead atoms. The van der Waals surface area contributed by atoms with E-state index in [0.29, 0.717) is 17.9 Å². The van der Waals surface area contributed by atoms with Crippen molar-refractivity contribution in [2.24, 2.45) is 5.10 Å². The van der Waals surface area contributed by atoms with Crippen molar-refractivity contribution in [2.45, 2.75) is 45.6 Å². The zero-order chi connectivity index (χ0) is 18.8. The number of hydrogen-bond acceptors (Lipinski definition) is 4. The lowest BCUT2D eigenvalue weighted by molar-refractivity contribution is -0.133. The summed E-state index contributed by atoms with van der Waals surface area (Å²) in [5, 5.41) is 6.59. The molecule has 0 spiro atoms. The number of nitrogens with zero attached hydrogens (tertiary/aromatic N) is 2. The Balaban J connectivity index is 1.87. The molecule has 0 aromatic heterocycles. The second-order valence-electron chi connectivity index (χ2n) is 6.94. The van der Waals surface area contributed by atoms with Crippen LogP contribution in [0.15, 0.2) is 47.6 Å². The molecule has 0 saturated carbocycles. The zero-order valence-corrected chi connectivity index (χ0v) is 15.8. The smallest absolute Gasteiger partial charge is 0.247 e. The second kappa shape index (κ2) is 7.43. The van der Waals surface area contributed by atoms with Crippen molar-refractivity contribution in [1.29, 1.82) is 0 Å². The fraction of sp³-hybridized carbons (Fsp3) is 0.364. The van der Waals surface area contributed by atoms with Gasteiger partial charge in [-0.15, -0.1) is 0 Å². The summed E-state index contributed by atoms with van der Waals surface area (Å²) in [6, 6.07) is 14.0. The van der Waals surface area contributed by atoms with E-state index < -0.39 is 0 Å². The van der Waals surface area contributed by atoms with Crippen molar-refractivity contribution in [2.75, 3.05) is 6.79 Å². The van der Waals surface area contributed by atoms with E-state index in [1.165, 1.54) is 0 Å². The van der Waals surface area contributed by atoms with Crippen LogP contribution >= 0.6 is 0 Å². The molecule has 2 aliphatic heterocycles. The Morgan fingerprint density at radius 1 is 1.11 bits per heavy atom. The van der Waals surface area contributed by atoms with Crippen molar-refractivity contribution in [3.05, 3.63) is 59.2 Å². The lowest BCUT2D eigenvalue weighted by atomic mass is 9.95. The molecule has 1 amide bonds. The van der Waals surface area contributed by atoms with E-state index in [9.17, 15) is 4.79 Å². The third-order valence-corrected chi connectivity index (χ3v) is 5.14. The number of carbonyl (C=O) groups excluding carboxylic acids is 1. The molecule has 2 heterocycles. The fourth-order valence-corrected chi connectivity index (χ4v) is 3.74. The third-order valence-electron chi connectivity index (χ3n) is 5.14. The first kappa shape index (κ1) is 17.6. The minimum absolute atomic E-state index is 0.0290. The van der Waals surface area contributed by atoms with Crippen LogP contribution in [0.1, 0.15) is 49.8 Å². The molecule has 0 N–H and O–H groups in total. The van der Waals surface area contributed by atoms with Crippen LogP contribution in [-0.4, -0.2) is 29.5 Å². The molecule has 27 heavy (non-hydrogen) atoms. The van der Waals surface area contributed by atoms with Gasteiger partial charge in [0, 0.05) is 11.1 Å². The maximum absolute atomic E-state index is 13.1. The topological polar surface area (TPSA) is 51.1 Å². The molecule has 0 radical (unpaired) electrons. The number of rotatable bonds is 5. The lowest BCUT2D eigenvalue weighted by Crippen LogP contribution is -2.36. The van der Waals surface area contributed by atoms with Gasteiger partial charge in [0.15, 0.2) is 11.5 Å². The largest absolute Gasteiger partial charge is 0.454 e. The quantitative estimate of drug-likeness (QED) is 0.801. The van der Waals surface area contributed by atoms with E-state index in [4.69, 9.17) is 14.6 Å². The number of amides is 1. The van der Waals surface area contributed by atoms with Gasteiger partial charge in [-0.2, -0.15) is 5.10 Å². The molecule has 1 unspecified atom stereocenters. The van der Waals surface area contributed by atoms with Crippen LogP contribution in [0.2, 0.25) is 0 Å². The number of benzene rings is 2. The number of fused-ring (bicyclic) bond motifs is 2. The highest BCUT2D eigenvalue weighted by Gasteiger charge is 2.30. The van der Waals surface area contributed by atoms with Crippen molar-refractivity contribution in [3.8, 4) is 11.5 Å². The van der Waals surface area contributed by atoms with Gasteiger partial charge in [0.1, 0.15) is 0 Å². The van der Waals surface area contributed by atoms with Gasteiger partial charge in [-0.25, -0.2) is 5.01 Å². The van der Waals surface area contributed by atoms with Gasteiger partial charge >= 0.3 is 0 Å². The Morgan fingerprint density at radius 3 is 2.56 bits per heavy atom. The Hall–Kier alpha value is -2.82. The molecule has 1 atom stereocenters. The maximum atomic E-state index is 13.1. The highest BCUT2D eigenvalue weighted by atomic mass is 16.7.